The summed E-state index contributed by atoms with van der Waals surface area (Å²) in [6.07, 6.45) is 0. The van der Waals surface area contributed by atoms with Crippen molar-refractivity contribution in [1.82, 2.24) is 10.7 Å². The third-order valence-electron chi connectivity index (χ3n) is 2.02. The average Bonchev–Trinajstić information content (AvgIpc) is 2.35. The van der Waals surface area contributed by atoms with Gasteiger partial charge in [0.1, 0.15) is 6.04 Å². The molecule has 1 rings (SSSR count). The van der Waals surface area contributed by atoms with E-state index in [0.29, 0.717) is 5.56 Å². The van der Waals surface area contributed by atoms with Crippen LogP contribution < -0.4 is 16.6 Å². The van der Waals surface area contributed by atoms with Gasteiger partial charge in [0.2, 0.25) is 0 Å². The van der Waals surface area contributed by atoms with Crippen LogP contribution >= 0.6 is 11.6 Å². The fourth-order valence-electron chi connectivity index (χ4n) is 1.16. The molecule has 2 atom stereocenters. The molecule has 0 aliphatic rings. The first kappa shape index (κ1) is 13.4. The van der Waals surface area contributed by atoms with Gasteiger partial charge in [-0.1, -0.05) is 29.8 Å². The highest BCUT2D eigenvalue weighted by atomic mass is 35.5. The summed E-state index contributed by atoms with van der Waals surface area (Å²) in [6, 6.07) is 6.90. The number of aliphatic hydroxyl groups is 1. The van der Waals surface area contributed by atoms with Gasteiger partial charge in [-0.15, -0.1) is 0 Å². The molecular weight excluding hydrogens is 246 g/mol. The zero-order valence-corrected chi connectivity index (χ0v) is 9.52. The second-order valence-electron chi connectivity index (χ2n) is 3.20. The largest absolute Gasteiger partial charge is 0.375 e. The third kappa shape index (κ3) is 3.70. The van der Waals surface area contributed by atoms with Crippen molar-refractivity contribution in [3.05, 3.63) is 35.9 Å². The van der Waals surface area contributed by atoms with Crippen LogP contribution in [0.25, 0.3) is 0 Å². The summed E-state index contributed by atoms with van der Waals surface area (Å²) in [5.74, 6) is 3.59. The first-order valence-corrected chi connectivity index (χ1v) is 5.18. The number of carbonyl (C=O) groups is 2. The number of benzene rings is 1. The van der Waals surface area contributed by atoms with Crippen LogP contribution in [-0.4, -0.2) is 28.5 Å². The maximum atomic E-state index is 11.7. The highest BCUT2D eigenvalue weighted by Crippen LogP contribution is 2.03. The van der Waals surface area contributed by atoms with Crippen molar-refractivity contribution < 1.29 is 14.7 Å². The maximum absolute atomic E-state index is 11.7. The van der Waals surface area contributed by atoms with Gasteiger partial charge >= 0.3 is 0 Å². The van der Waals surface area contributed by atoms with Crippen LogP contribution in [-0.2, 0) is 4.79 Å². The smallest absolute Gasteiger partial charge is 0.260 e. The Hall–Kier alpha value is -1.63. The Kier molecular flexibility index (Phi) is 4.89. The second-order valence-corrected chi connectivity index (χ2v) is 3.65. The molecule has 0 heterocycles. The Balaban J connectivity index is 2.75. The standard InChI is InChI=1S/C10H12ClN3O3/c11-8(15)7(10(17)14-12)13-9(16)6-4-2-1-3-5-6/h1-5,7-8,15H,12H2,(H,13,16)(H,14,17). The number of amides is 2. The molecule has 2 amide bonds. The lowest BCUT2D eigenvalue weighted by Gasteiger charge is -2.18. The summed E-state index contributed by atoms with van der Waals surface area (Å²) in [6.45, 7) is 0. The van der Waals surface area contributed by atoms with Crippen LogP contribution in [0, 0.1) is 0 Å². The first-order chi connectivity index (χ1) is 8.06. The minimum Gasteiger partial charge on any atom is -0.375 e. The van der Waals surface area contributed by atoms with E-state index in [1.54, 1.807) is 35.8 Å². The van der Waals surface area contributed by atoms with Gasteiger partial charge in [0.25, 0.3) is 11.8 Å². The predicted molar refractivity (Wildman–Crippen MR) is 61.9 cm³/mol. The first-order valence-electron chi connectivity index (χ1n) is 4.74. The van der Waals surface area contributed by atoms with Crippen LogP contribution in [0.15, 0.2) is 30.3 Å². The van der Waals surface area contributed by atoms with E-state index in [1.165, 1.54) is 0 Å². The number of hydrogen-bond acceptors (Lipinski definition) is 4. The molecule has 6 nitrogen and oxygen atoms in total. The quantitative estimate of drug-likeness (QED) is 0.249. The molecular formula is C10H12ClN3O3. The fourth-order valence-corrected chi connectivity index (χ4v) is 1.34. The van der Waals surface area contributed by atoms with Gasteiger partial charge in [-0.2, -0.15) is 0 Å². The molecule has 0 fully saturated rings. The number of alkyl halides is 1. The van der Waals surface area contributed by atoms with Crippen LogP contribution in [0.1, 0.15) is 10.4 Å². The molecule has 0 radical (unpaired) electrons. The molecule has 0 spiro atoms. The van der Waals surface area contributed by atoms with Gasteiger partial charge in [-0.3, -0.25) is 15.0 Å². The normalized spacial score (nSPS) is 13.6. The van der Waals surface area contributed by atoms with Crippen LogP contribution in [0.3, 0.4) is 0 Å². The summed E-state index contributed by atoms with van der Waals surface area (Å²) < 4.78 is 0. The lowest BCUT2D eigenvalue weighted by molar-refractivity contribution is -0.124. The monoisotopic (exact) mass is 257 g/mol. The van der Waals surface area contributed by atoms with Crippen molar-refractivity contribution in [3.63, 3.8) is 0 Å². The minimum absolute atomic E-state index is 0.347. The van der Waals surface area contributed by atoms with Crippen LogP contribution in [0.2, 0.25) is 0 Å². The van der Waals surface area contributed by atoms with Crippen molar-refractivity contribution in [3.8, 4) is 0 Å². The fraction of sp³-hybridized carbons (Fsp3) is 0.200. The highest BCUT2D eigenvalue weighted by Gasteiger charge is 2.26. The molecule has 0 aliphatic heterocycles. The molecule has 0 bridgehead atoms. The number of hydrazine groups is 1. The third-order valence-corrected chi connectivity index (χ3v) is 2.27. The summed E-state index contributed by atoms with van der Waals surface area (Å²) in [7, 11) is 0. The lowest BCUT2D eigenvalue weighted by Crippen LogP contribution is -2.53. The summed E-state index contributed by atoms with van der Waals surface area (Å²) >= 11 is 5.37. The molecule has 17 heavy (non-hydrogen) atoms. The van der Waals surface area contributed by atoms with Gasteiger partial charge in [-0.25, -0.2) is 5.84 Å². The van der Waals surface area contributed by atoms with Gasteiger partial charge in [0.05, 0.1) is 0 Å². The van der Waals surface area contributed by atoms with E-state index < -0.39 is 23.4 Å². The number of nitrogens with one attached hydrogen (secondary N) is 2. The number of hydrogen-bond donors (Lipinski definition) is 4. The van der Waals surface area contributed by atoms with Crippen molar-refractivity contribution in [2.24, 2.45) is 5.84 Å². The minimum atomic E-state index is -1.56. The Bertz CT molecular complexity index is 397. The van der Waals surface area contributed by atoms with Crippen molar-refractivity contribution in [2.45, 2.75) is 11.6 Å². The molecule has 1 aromatic rings. The molecule has 0 saturated heterocycles. The summed E-state index contributed by atoms with van der Waals surface area (Å²) in [5, 5.41) is 11.4. The van der Waals surface area contributed by atoms with E-state index in [9.17, 15) is 9.59 Å². The van der Waals surface area contributed by atoms with Gasteiger partial charge in [-0.05, 0) is 12.1 Å². The number of nitrogens with two attached hydrogens (primary N) is 1. The average molecular weight is 258 g/mol. The molecule has 7 heteroatoms. The highest BCUT2D eigenvalue weighted by molar-refractivity contribution is 6.22. The van der Waals surface area contributed by atoms with E-state index >= 15 is 0 Å². The number of rotatable bonds is 4. The van der Waals surface area contributed by atoms with Gasteiger partial charge in [0, 0.05) is 5.56 Å². The van der Waals surface area contributed by atoms with E-state index in [2.05, 4.69) is 5.32 Å². The maximum Gasteiger partial charge on any atom is 0.260 e. The molecule has 2 unspecified atom stereocenters. The predicted octanol–water partition coefficient (Wildman–Crippen LogP) is -0.668. The van der Waals surface area contributed by atoms with E-state index in [4.69, 9.17) is 22.6 Å². The van der Waals surface area contributed by atoms with Crippen molar-refractivity contribution >= 4 is 23.4 Å². The molecule has 0 aromatic heterocycles. The Morgan fingerprint density at radius 2 is 1.88 bits per heavy atom. The number of carbonyl (C=O) groups excluding carboxylic acids is 2. The molecule has 0 aliphatic carbocycles. The van der Waals surface area contributed by atoms with E-state index in [0.717, 1.165) is 0 Å². The van der Waals surface area contributed by atoms with Gasteiger partial charge in [0.15, 0.2) is 5.56 Å². The molecule has 0 saturated carbocycles. The van der Waals surface area contributed by atoms with Crippen LogP contribution in [0.4, 0.5) is 0 Å². The van der Waals surface area contributed by atoms with Crippen molar-refractivity contribution in [2.75, 3.05) is 0 Å². The Labute approximate surface area is 103 Å². The number of aliphatic hydroxyl groups excluding tert-OH is 1. The Morgan fingerprint density at radius 3 is 2.35 bits per heavy atom. The zero-order valence-electron chi connectivity index (χ0n) is 8.76. The topological polar surface area (TPSA) is 104 Å². The lowest BCUT2D eigenvalue weighted by atomic mass is 10.2. The van der Waals surface area contributed by atoms with E-state index in [1.807, 2.05) is 0 Å². The van der Waals surface area contributed by atoms with E-state index in [-0.39, 0.29) is 0 Å². The number of halogens is 1. The molecule has 5 N–H and O–H groups in total. The van der Waals surface area contributed by atoms with Crippen molar-refractivity contribution in [1.29, 1.82) is 0 Å². The van der Waals surface area contributed by atoms with Crippen LogP contribution in [0.5, 0.6) is 0 Å². The summed E-state index contributed by atoms with van der Waals surface area (Å²) in [4.78, 5) is 22.9. The summed E-state index contributed by atoms with van der Waals surface area (Å²) in [5.41, 5.74) is 0.588. The van der Waals surface area contributed by atoms with Gasteiger partial charge < -0.3 is 10.4 Å². The zero-order chi connectivity index (χ0) is 12.8. The Morgan fingerprint density at radius 1 is 1.29 bits per heavy atom. The molecule has 92 valence electrons. The molecule has 1 aromatic carbocycles. The second kappa shape index (κ2) is 6.19. The SMILES string of the molecule is NNC(=O)C(NC(=O)c1ccccc1)C(O)Cl.